The Morgan fingerprint density at radius 3 is 2.59 bits per heavy atom. The third kappa shape index (κ3) is 4.72. The average molecular weight is 478 g/mol. The number of hydrogen-bond acceptors (Lipinski definition) is 7. The van der Waals surface area contributed by atoms with Crippen molar-refractivity contribution in [1.29, 1.82) is 0 Å². The SMILES string of the molecule is COC(=O)C1=C(C)N=C2SC=C(CC(=O)N(C)Cc3ccccc3)N2C1c1cccc(OC)c1. The number of benzene rings is 2. The van der Waals surface area contributed by atoms with Gasteiger partial charge in [0.05, 0.1) is 38.0 Å². The molecule has 176 valence electrons. The molecule has 1 amide bonds. The minimum atomic E-state index is -0.483. The maximum absolute atomic E-state index is 13.1. The minimum Gasteiger partial charge on any atom is -0.497 e. The van der Waals surface area contributed by atoms with Gasteiger partial charge in [0.25, 0.3) is 0 Å². The van der Waals surface area contributed by atoms with Crippen LogP contribution in [0.2, 0.25) is 0 Å². The molecule has 4 rings (SSSR count). The lowest BCUT2D eigenvalue weighted by Crippen LogP contribution is -2.38. The molecule has 2 aromatic carbocycles. The third-order valence-electron chi connectivity index (χ3n) is 5.84. The monoisotopic (exact) mass is 477 g/mol. The van der Waals surface area contributed by atoms with Crippen LogP contribution in [-0.2, 0) is 20.9 Å². The van der Waals surface area contributed by atoms with Gasteiger partial charge in [0.1, 0.15) is 5.75 Å². The van der Waals surface area contributed by atoms with E-state index < -0.39 is 12.0 Å². The predicted molar refractivity (Wildman–Crippen MR) is 133 cm³/mol. The summed E-state index contributed by atoms with van der Waals surface area (Å²) in [6.45, 7) is 2.33. The number of allylic oxidation sites excluding steroid dienone is 1. The van der Waals surface area contributed by atoms with Crippen LogP contribution in [0.3, 0.4) is 0 Å². The highest BCUT2D eigenvalue weighted by Gasteiger charge is 2.41. The molecule has 0 saturated carbocycles. The molecule has 2 aliphatic rings. The van der Waals surface area contributed by atoms with Crippen molar-refractivity contribution in [2.45, 2.75) is 25.9 Å². The van der Waals surface area contributed by atoms with Crippen LogP contribution in [0.4, 0.5) is 0 Å². The van der Waals surface area contributed by atoms with Crippen LogP contribution in [0.25, 0.3) is 0 Å². The molecule has 2 aliphatic heterocycles. The Labute approximate surface area is 203 Å². The summed E-state index contributed by atoms with van der Waals surface area (Å²) in [6, 6.07) is 17.0. The fourth-order valence-electron chi connectivity index (χ4n) is 4.10. The van der Waals surface area contributed by atoms with Crippen LogP contribution < -0.4 is 4.74 Å². The van der Waals surface area contributed by atoms with Crippen molar-refractivity contribution in [1.82, 2.24) is 9.80 Å². The molecule has 0 fully saturated rings. The van der Waals surface area contributed by atoms with Gasteiger partial charge in [-0.3, -0.25) is 4.79 Å². The molecule has 1 atom stereocenters. The van der Waals surface area contributed by atoms with E-state index in [9.17, 15) is 9.59 Å². The molecule has 0 radical (unpaired) electrons. The topological polar surface area (TPSA) is 71.4 Å². The molecule has 2 aromatic rings. The molecule has 0 spiro atoms. The second-order valence-corrected chi connectivity index (χ2v) is 8.91. The van der Waals surface area contributed by atoms with E-state index >= 15 is 0 Å². The molecule has 2 heterocycles. The van der Waals surface area contributed by atoms with E-state index in [0.717, 1.165) is 22.0 Å². The fourth-order valence-corrected chi connectivity index (χ4v) is 5.07. The number of amidine groups is 1. The zero-order valence-corrected chi connectivity index (χ0v) is 20.5. The van der Waals surface area contributed by atoms with Crippen molar-refractivity contribution in [3.63, 3.8) is 0 Å². The Hall–Kier alpha value is -3.52. The fraction of sp³-hybridized carbons (Fsp3) is 0.269. The number of methoxy groups -OCH3 is 2. The van der Waals surface area contributed by atoms with Gasteiger partial charge in [-0.25, -0.2) is 9.79 Å². The van der Waals surface area contributed by atoms with Crippen LogP contribution in [0.15, 0.2) is 82.0 Å². The quantitative estimate of drug-likeness (QED) is 0.547. The van der Waals surface area contributed by atoms with Gasteiger partial charge in [-0.15, -0.1) is 0 Å². The Kier molecular flexibility index (Phi) is 7.07. The number of nitrogens with zero attached hydrogens (tertiary/aromatic N) is 3. The normalized spacial score (nSPS) is 17.1. The first-order valence-electron chi connectivity index (χ1n) is 10.9. The van der Waals surface area contributed by atoms with E-state index in [1.165, 1.54) is 18.9 Å². The summed E-state index contributed by atoms with van der Waals surface area (Å²) in [4.78, 5) is 34.3. The van der Waals surface area contributed by atoms with E-state index in [-0.39, 0.29) is 12.3 Å². The number of amides is 1. The first-order chi connectivity index (χ1) is 16.4. The highest BCUT2D eigenvalue weighted by molar-refractivity contribution is 8.16. The van der Waals surface area contributed by atoms with Gasteiger partial charge < -0.3 is 19.3 Å². The van der Waals surface area contributed by atoms with Crippen LogP contribution in [-0.4, -0.2) is 48.1 Å². The zero-order chi connectivity index (χ0) is 24.2. The number of fused-ring (bicyclic) bond motifs is 1. The second-order valence-electron chi connectivity index (χ2n) is 8.07. The molecule has 0 bridgehead atoms. The largest absolute Gasteiger partial charge is 0.497 e. The molecule has 0 N–H and O–H groups in total. The van der Waals surface area contributed by atoms with Crippen molar-refractivity contribution >= 4 is 28.8 Å². The van der Waals surface area contributed by atoms with Crippen molar-refractivity contribution in [2.75, 3.05) is 21.3 Å². The van der Waals surface area contributed by atoms with Crippen molar-refractivity contribution in [3.05, 3.63) is 88.1 Å². The maximum atomic E-state index is 13.1. The molecule has 1 unspecified atom stereocenters. The molecule has 7 nitrogen and oxygen atoms in total. The lowest BCUT2D eigenvalue weighted by molar-refractivity contribution is -0.136. The summed E-state index contributed by atoms with van der Waals surface area (Å²) < 4.78 is 10.5. The number of esters is 1. The van der Waals surface area contributed by atoms with Crippen LogP contribution in [0.5, 0.6) is 5.75 Å². The molecular weight excluding hydrogens is 450 g/mol. The Morgan fingerprint density at radius 2 is 1.88 bits per heavy atom. The molecular formula is C26H27N3O4S. The van der Waals surface area contributed by atoms with Gasteiger partial charge in [-0.1, -0.05) is 54.2 Å². The highest BCUT2D eigenvalue weighted by Crippen LogP contribution is 2.45. The first kappa shape index (κ1) is 23.6. The first-order valence-corrected chi connectivity index (χ1v) is 11.8. The molecule has 34 heavy (non-hydrogen) atoms. The molecule has 0 aromatic heterocycles. The summed E-state index contributed by atoms with van der Waals surface area (Å²) >= 11 is 1.45. The van der Waals surface area contributed by atoms with E-state index in [0.29, 0.717) is 23.6 Å². The van der Waals surface area contributed by atoms with Gasteiger partial charge in [0, 0.05) is 19.3 Å². The van der Waals surface area contributed by atoms with Gasteiger partial charge in [-0.05, 0) is 35.6 Å². The number of aliphatic imine (C=N–C) groups is 1. The summed E-state index contributed by atoms with van der Waals surface area (Å²) in [5.41, 5.74) is 3.74. The lowest BCUT2D eigenvalue weighted by Gasteiger charge is -2.36. The number of thioether (sulfide) groups is 1. The van der Waals surface area contributed by atoms with Gasteiger partial charge in [0.2, 0.25) is 5.91 Å². The summed E-state index contributed by atoms with van der Waals surface area (Å²) in [7, 11) is 4.77. The van der Waals surface area contributed by atoms with Crippen molar-refractivity contribution in [3.8, 4) is 5.75 Å². The van der Waals surface area contributed by atoms with Crippen LogP contribution in [0, 0.1) is 0 Å². The molecule has 8 heteroatoms. The van der Waals surface area contributed by atoms with Crippen molar-refractivity contribution in [2.24, 2.45) is 4.99 Å². The lowest BCUT2D eigenvalue weighted by atomic mass is 9.93. The summed E-state index contributed by atoms with van der Waals surface area (Å²) in [5.74, 6) is 0.212. The van der Waals surface area contributed by atoms with E-state index in [1.807, 2.05) is 64.9 Å². The molecule has 0 aliphatic carbocycles. The average Bonchev–Trinajstić information content (AvgIpc) is 3.25. The smallest absolute Gasteiger partial charge is 0.338 e. The van der Waals surface area contributed by atoms with Crippen LogP contribution in [0.1, 0.15) is 30.5 Å². The number of ether oxygens (including phenoxy) is 2. The van der Waals surface area contributed by atoms with Crippen LogP contribution >= 0.6 is 11.8 Å². The van der Waals surface area contributed by atoms with Gasteiger partial charge in [0.15, 0.2) is 5.17 Å². The standard InChI is InChI=1S/C26H27N3O4S/c1-17-23(25(31)33-4)24(19-11-8-12-21(13-19)32-3)29-20(16-34-26(29)27-17)14-22(30)28(2)15-18-9-6-5-7-10-18/h5-13,16,24H,14-15H2,1-4H3. The van der Waals surface area contributed by atoms with Gasteiger partial charge >= 0.3 is 5.97 Å². The zero-order valence-electron chi connectivity index (χ0n) is 19.6. The Bertz CT molecular complexity index is 1190. The minimum absolute atomic E-state index is 0.0211. The number of carbonyl (C=O) groups excluding carboxylic acids is 2. The molecule has 0 saturated heterocycles. The Balaban J connectivity index is 1.65. The summed E-state index contributed by atoms with van der Waals surface area (Å²) in [5, 5.41) is 2.67. The highest BCUT2D eigenvalue weighted by atomic mass is 32.2. The number of hydrogen-bond donors (Lipinski definition) is 0. The predicted octanol–water partition coefficient (Wildman–Crippen LogP) is 4.49. The second kappa shape index (κ2) is 10.2. The maximum Gasteiger partial charge on any atom is 0.338 e. The number of rotatable bonds is 7. The Morgan fingerprint density at radius 1 is 1.12 bits per heavy atom. The summed E-state index contributed by atoms with van der Waals surface area (Å²) in [6.07, 6.45) is 0.184. The van der Waals surface area contributed by atoms with E-state index in [2.05, 4.69) is 4.99 Å². The number of carbonyl (C=O) groups is 2. The van der Waals surface area contributed by atoms with E-state index in [4.69, 9.17) is 9.47 Å². The van der Waals surface area contributed by atoms with Crippen molar-refractivity contribution < 1.29 is 19.1 Å². The van der Waals surface area contributed by atoms with Gasteiger partial charge in [-0.2, -0.15) is 0 Å². The third-order valence-corrected chi connectivity index (χ3v) is 6.72. The van der Waals surface area contributed by atoms with E-state index in [1.54, 1.807) is 26.0 Å².